The van der Waals surface area contributed by atoms with E-state index in [0.29, 0.717) is 22.9 Å². The Morgan fingerprint density at radius 1 is 0.623 bits per heavy atom. The average molecular weight is 713 g/mol. The van der Waals surface area contributed by atoms with Gasteiger partial charge in [0.25, 0.3) is 0 Å². The van der Waals surface area contributed by atoms with Gasteiger partial charge in [-0.25, -0.2) is 9.97 Å². The first-order valence-electron chi connectivity index (χ1n) is 19.3. The van der Waals surface area contributed by atoms with Crippen LogP contribution < -0.4 is 5.32 Å². The van der Waals surface area contributed by atoms with Crippen molar-refractivity contribution in [1.29, 1.82) is 5.41 Å². The molecule has 2 saturated heterocycles. The molecule has 2 aliphatic rings. The fourth-order valence-electron chi connectivity index (χ4n) is 6.71. The third-order valence-electron chi connectivity index (χ3n) is 10.2. The number of hydrogen-bond acceptors (Lipinski definition) is 10. The van der Waals surface area contributed by atoms with Crippen LogP contribution in [0.25, 0.3) is 22.6 Å². The second-order valence-electron chi connectivity index (χ2n) is 14.3. The molecule has 53 heavy (non-hydrogen) atoms. The van der Waals surface area contributed by atoms with E-state index in [1.807, 2.05) is 42.8 Å². The lowest BCUT2D eigenvalue weighted by Gasteiger charge is -2.32. The van der Waals surface area contributed by atoms with Crippen molar-refractivity contribution in [2.75, 3.05) is 97.9 Å². The van der Waals surface area contributed by atoms with Crippen molar-refractivity contribution in [1.82, 2.24) is 29.6 Å². The number of aromatic nitrogens is 2. The molecule has 0 radical (unpaired) electrons. The molecule has 2 aliphatic heterocycles. The normalized spacial score (nSPS) is 16.5. The number of aliphatic imine (C=N–C) groups is 2. The number of rotatable bonds is 17. The largest absolute Gasteiger partial charge is 0.340 e. The smallest absolute Gasteiger partial charge is 0.162 e. The summed E-state index contributed by atoms with van der Waals surface area (Å²) in [6.45, 7) is 13.3. The van der Waals surface area contributed by atoms with E-state index in [1.165, 1.54) is 58.3 Å². The van der Waals surface area contributed by atoms with E-state index in [1.54, 1.807) is 0 Å². The molecule has 0 unspecified atom stereocenters. The Morgan fingerprint density at radius 2 is 1.13 bits per heavy atom. The molecule has 0 atom stereocenters. The number of hydrogen-bond donors (Lipinski definition) is 2. The zero-order valence-corrected chi connectivity index (χ0v) is 31.6. The van der Waals surface area contributed by atoms with E-state index in [9.17, 15) is 0 Å². The molecule has 3 aromatic carbocycles. The van der Waals surface area contributed by atoms with Crippen LogP contribution in [0.1, 0.15) is 42.4 Å². The molecule has 0 saturated carbocycles. The number of nitrogens with zero attached hydrogens (tertiary/aromatic N) is 8. The van der Waals surface area contributed by atoms with Gasteiger partial charge in [0.1, 0.15) is 5.82 Å². The summed E-state index contributed by atoms with van der Waals surface area (Å²) in [6, 6.07) is 26.5. The van der Waals surface area contributed by atoms with Crippen LogP contribution in [0.5, 0.6) is 0 Å². The molecule has 10 nitrogen and oxygen atoms in total. The van der Waals surface area contributed by atoms with Crippen LogP contribution in [0, 0.1) is 5.41 Å². The molecule has 0 amide bonds. The first-order valence-corrected chi connectivity index (χ1v) is 19.3. The molecular formula is C43H56N10. The van der Waals surface area contributed by atoms with E-state index in [0.717, 1.165) is 80.1 Å². The van der Waals surface area contributed by atoms with Crippen LogP contribution in [0.3, 0.4) is 0 Å². The minimum Gasteiger partial charge on any atom is -0.340 e. The lowest BCUT2D eigenvalue weighted by Crippen LogP contribution is -2.44. The number of likely N-dealkylation sites (N-methyl/N-ethyl adjacent to an activating group) is 2. The summed E-state index contributed by atoms with van der Waals surface area (Å²) in [4.78, 5) is 29.3. The topological polar surface area (TPSA) is 99.3 Å². The Bertz CT molecular complexity index is 1760. The van der Waals surface area contributed by atoms with Crippen LogP contribution in [0.15, 0.2) is 88.8 Å². The molecule has 4 aromatic rings. The van der Waals surface area contributed by atoms with Crippen molar-refractivity contribution in [3.8, 4) is 22.6 Å². The molecule has 3 heterocycles. The minimum absolute atomic E-state index is 0.593. The van der Waals surface area contributed by atoms with Crippen molar-refractivity contribution < 1.29 is 0 Å². The highest BCUT2D eigenvalue weighted by molar-refractivity contribution is 5.95. The molecule has 0 aliphatic carbocycles. The molecule has 0 spiro atoms. The second kappa shape index (κ2) is 20.0. The SMILES string of the molecule is CN1CCN(CCCCN=Cc2ccc(-c3nc(Nc4ccccc4)c(C=N)c(-c4ccc(C=NCCCCN5CCN(C)CC5)cc4)n3)cc2)CC1. The third-order valence-corrected chi connectivity index (χ3v) is 10.2. The Kier molecular flexibility index (Phi) is 14.4. The molecular weight excluding hydrogens is 657 g/mol. The van der Waals surface area contributed by atoms with Crippen molar-refractivity contribution in [2.24, 2.45) is 9.98 Å². The van der Waals surface area contributed by atoms with Crippen LogP contribution in [0.2, 0.25) is 0 Å². The highest BCUT2D eigenvalue weighted by atomic mass is 15.2. The maximum atomic E-state index is 8.38. The zero-order chi connectivity index (χ0) is 36.7. The van der Waals surface area contributed by atoms with Gasteiger partial charge >= 0.3 is 0 Å². The first kappa shape index (κ1) is 38.1. The van der Waals surface area contributed by atoms with Gasteiger partial charge < -0.3 is 30.3 Å². The summed E-state index contributed by atoms with van der Waals surface area (Å²) in [7, 11) is 4.40. The lowest BCUT2D eigenvalue weighted by atomic mass is 10.0. The van der Waals surface area contributed by atoms with Gasteiger partial charge in [0.2, 0.25) is 0 Å². The summed E-state index contributed by atoms with van der Waals surface area (Å²) in [5.74, 6) is 1.19. The van der Waals surface area contributed by atoms with E-state index in [4.69, 9.17) is 25.4 Å². The Hall–Kier alpha value is -4.61. The third kappa shape index (κ3) is 11.7. The standard InChI is InChI=1S/C43H56N10/c1-50-24-28-52(29-25-50)22-8-6-20-45-33-35-12-16-37(17-13-35)41-40(32-44)43(47-39-10-4-3-5-11-39)49-42(48-41)38-18-14-36(15-19-38)34-46-21-7-9-23-53-30-26-51(2)27-31-53/h3-5,10-19,32-34,44H,6-9,20-31H2,1-2H3,(H,47,48,49). The van der Waals surface area contributed by atoms with Gasteiger partial charge in [0.05, 0.1) is 11.3 Å². The Morgan fingerprint density at radius 3 is 1.64 bits per heavy atom. The summed E-state index contributed by atoms with van der Waals surface area (Å²) in [5, 5.41) is 11.8. The van der Waals surface area contributed by atoms with Crippen LogP contribution in [-0.4, -0.2) is 141 Å². The average Bonchev–Trinajstić information content (AvgIpc) is 3.19. The minimum atomic E-state index is 0.593. The van der Waals surface area contributed by atoms with Gasteiger partial charge in [-0.05, 0) is 76.1 Å². The van der Waals surface area contributed by atoms with Gasteiger partial charge in [0, 0.05) is 101 Å². The van der Waals surface area contributed by atoms with Crippen LogP contribution >= 0.6 is 0 Å². The van der Waals surface area contributed by atoms with Gasteiger partial charge in [-0.3, -0.25) is 9.98 Å². The first-order chi connectivity index (χ1) is 26.0. The number of para-hydroxylation sites is 1. The summed E-state index contributed by atoms with van der Waals surface area (Å²) in [6.07, 6.45) is 9.81. The molecule has 1 aromatic heterocycles. The highest BCUT2D eigenvalue weighted by Crippen LogP contribution is 2.30. The zero-order valence-electron chi connectivity index (χ0n) is 31.6. The maximum absolute atomic E-state index is 8.38. The van der Waals surface area contributed by atoms with E-state index >= 15 is 0 Å². The number of unbranched alkanes of at least 4 members (excludes halogenated alkanes) is 2. The Labute approximate surface area is 316 Å². The monoisotopic (exact) mass is 712 g/mol. The number of benzene rings is 3. The summed E-state index contributed by atoms with van der Waals surface area (Å²) < 4.78 is 0. The van der Waals surface area contributed by atoms with Gasteiger partial charge in [0.15, 0.2) is 5.82 Å². The van der Waals surface area contributed by atoms with Crippen molar-refractivity contribution in [3.63, 3.8) is 0 Å². The maximum Gasteiger partial charge on any atom is 0.162 e. The Balaban J connectivity index is 1.10. The van der Waals surface area contributed by atoms with Gasteiger partial charge in [-0.2, -0.15) is 0 Å². The van der Waals surface area contributed by atoms with E-state index in [-0.39, 0.29) is 0 Å². The number of anilines is 2. The molecule has 2 fully saturated rings. The van der Waals surface area contributed by atoms with Crippen molar-refractivity contribution in [2.45, 2.75) is 25.7 Å². The molecule has 278 valence electrons. The molecule has 10 heteroatoms. The van der Waals surface area contributed by atoms with Crippen molar-refractivity contribution in [3.05, 3.63) is 95.6 Å². The summed E-state index contributed by atoms with van der Waals surface area (Å²) >= 11 is 0. The molecule has 0 bridgehead atoms. The predicted octanol–water partition coefficient (Wildman–Crippen LogP) is 6.44. The fourth-order valence-corrected chi connectivity index (χ4v) is 6.71. The van der Waals surface area contributed by atoms with E-state index in [2.05, 4.69) is 87.5 Å². The molecule has 6 rings (SSSR count). The van der Waals surface area contributed by atoms with Gasteiger partial charge in [-0.15, -0.1) is 0 Å². The number of nitrogens with one attached hydrogen (secondary N) is 2. The summed E-state index contributed by atoms with van der Waals surface area (Å²) in [5.41, 5.74) is 6.17. The van der Waals surface area contributed by atoms with Crippen LogP contribution in [0.4, 0.5) is 11.5 Å². The lowest BCUT2D eigenvalue weighted by molar-refractivity contribution is 0.152. The van der Waals surface area contributed by atoms with E-state index < -0.39 is 0 Å². The fraction of sp³-hybridized carbons (Fsp3) is 0.419. The quantitative estimate of drug-likeness (QED) is 0.0960. The van der Waals surface area contributed by atoms with Gasteiger partial charge in [-0.1, -0.05) is 66.7 Å². The molecule has 2 N–H and O–H groups in total. The second-order valence-corrected chi connectivity index (χ2v) is 14.3. The highest BCUT2D eigenvalue weighted by Gasteiger charge is 2.17. The predicted molar refractivity (Wildman–Crippen MR) is 222 cm³/mol. The number of piperazine rings is 2. The van der Waals surface area contributed by atoms with Crippen molar-refractivity contribution >= 4 is 30.1 Å². The van der Waals surface area contributed by atoms with Crippen LogP contribution in [-0.2, 0) is 0 Å².